The van der Waals surface area contributed by atoms with Crippen molar-refractivity contribution in [1.29, 1.82) is 0 Å². The van der Waals surface area contributed by atoms with Crippen LogP contribution in [-0.4, -0.2) is 51.0 Å². The number of rotatable bonds is 11. The summed E-state index contributed by atoms with van der Waals surface area (Å²) in [6.45, 7) is 9.57. The fraction of sp³-hybridized carbons (Fsp3) is 0.526. The molecule has 30 heavy (non-hydrogen) atoms. The van der Waals surface area contributed by atoms with Crippen LogP contribution in [0.5, 0.6) is 17.2 Å². The van der Waals surface area contributed by atoms with Gasteiger partial charge in [0.2, 0.25) is 5.75 Å². The number of ether oxygens (including phenoxy) is 3. The molecule has 0 fully saturated rings. The predicted octanol–water partition coefficient (Wildman–Crippen LogP) is 2.80. The van der Waals surface area contributed by atoms with Crippen LogP contribution in [0.15, 0.2) is 12.1 Å². The highest BCUT2D eigenvalue weighted by molar-refractivity contribution is 7.80. The Morgan fingerprint density at radius 3 is 2.27 bits per heavy atom. The van der Waals surface area contributed by atoms with Gasteiger partial charge in [0.25, 0.3) is 11.9 Å². The van der Waals surface area contributed by atoms with Crippen molar-refractivity contribution in [3.8, 4) is 17.2 Å². The van der Waals surface area contributed by atoms with Crippen molar-refractivity contribution >= 4 is 29.2 Å². The maximum atomic E-state index is 12.7. The average molecular weight is 437 g/mol. The number of unbranched alkanes of at least 4 members (excludes halogenated alkanes) is 1. The summed E-state index contributed by atoms with van der Waals surface area (Å²) < 4.78 is 16.9. The summed E-state index contributed by atoms with van der Waals surface area (Å²) in [6, 6.07) is 3.18. The standard InChI is InChI=1S/C19H28N6O4S/c1-5-9-10-25-23-18(22-24-25)21-19(30)20-17(26)13-11-14(27-6-2)16(29-8-4)15(12-13)28-7-3/h11-12H,5-10H2,1-4H3,(H2,20,21,23,26,30). The van der Waals surface area contributed by atoms with Crippen molar-refractivity contribution in [2.75, 3.05) is 25.1 Å². The lowest BCUT2D eigenvalue weighted by Gasteiger charge is -2.17. The molecule has 2 rings (SSSR count). The van der Waals surface area contributed by atoms with E-state index in [9.17, 15) is 4.79 Å². The van der Waals surface area contributed by atoms with Crippen LogP contribution >= 0.6 is 12.2 Å². The molecule has 0 aliphatic carbocycles. The second-order valence-electron chi connectivity index (χ2n) is 6.07. The third kappa shape index (κ3) is 6.55. The molecule has 164 valence electrons. The Bertz CT molecular complexity index is 830. The number of hydrogen-bond donors (Lipinski definition) is 2. The summed E-state index contributed by atoms with van der Waals surface area (Å²) in [6.07, 6.45) is 1.97. The first-order valence-corrected chi connectivity index (χ1v) is 10.4. The second kappa shape index (κ2) is 11.9. The molecule has 0 aliphatic heterocycles. The number of hydrogen-bond acceptors (Lipinski definition) is 8. The van der Waals surface area contributed by atoms with E-state index >= 15 is 0 Å². The third-order valence-electron chi connectivity index (χ3n) is 3.79. The molecule has 0 atom stereocenters. The molecule has 0 saturated heterocycles. The van der Waals surface area contributed by atoms with Gasteiger partial charge in [-0.1, -0.05) is 18.4 Å². The van der Waals surface area contributed by atoms with E-state index in [1.807, 2.05) is 20.8 Å². The quantitative estimate of drug-likeness (QED) is 0.513. The zero-order chi connectivity index (χ0) is 21.9. The van der Waals surface area contributed by atoms with E-state index in [-0.39, 0.29) is 11.1 Å². The van der Waals surface area contributed by atoms with Crippen LogP contribution in [0.4, 0.5) is 5.95 Å². The lowest BCUT2D eigenvalue weighted by Crippen LogP contribution is -2.34. The Morgan fingerprint density at radius 2 is 1.70 bits per heavy atom. The molecule has 0 aliphatic rings. The van der Waals surface area contributed by atoms with E-state index < -0.39 is 5.91 Å². The largest absolute Gasteiger partial charge is 0.490 e. The number of nitrogens with one attached hydrogen (secondary N) is 2. The van der Waals surface area contributed by atoms with Crippen molar-refractivity contribution < 1.29 is 19.0 Å². The highest BCUT2D eigenvalue weighted by atomic mass is 32.1. The molecular weight excluding hydrogens is 408 g/mol. The van der Waals surface area contributed by atoms with Crippen LogP contribution in [0.3, 0.4) is 0 Å². The maximum Gasteiger partial charge on any atom is 0.269 e. The zero-order valence-corrected chi connectivity index (χ0v) is 18.5. The van der Waals surface area contributed by atoms with E-state index in [1.54, 1.807) is 12.1 Å². The van der Waals surface area contributed by atoms with Crippen LogP contribution in [0.25, 0.3) is 0 Å². The monoisotopic (exact) mass is 436 g/mol. The molecule has 2 N–H and O–H groups in total. The molecule has 1 heterocycles. The van der Waals surface area contributed by atoms with Gasteiger partial charge in [-0.2, -0.15) is 4.80 Å². The molecule has 11 heteroatoms. The number of aryl methyl sites for hydroxylation is 1. The summed E-state index contributed by atoms with van der Waals surface area (Å²) in [5.41, 5.74) is 0.314. The van der Waals surface area contributed by atoms with Crippen LogP contribution < -0.4 is 24.8 Å². The highest BCUT2D eigenvalue weighted by Gasteiger charge is 2.19. The number of carbonyl (C=O) groups is 1. The molecule has 2 aromatic rings. The fourth-order valence-corrected chi connectivity index (χ4v) is 2.70. The Morgan fingerprint density at radius 1 is 1.07 bits per heavy atom. The van der Waals surface area contributed by atoms with Crippen molar-refractivity contribution in [3.05, 3.63) is 17.7 Å². The van der Waals surface area contributed by atoms with Crippen LogP contribution in [0, 0.1) is 0 Å². The molecule has 0 unspecified atom stereocenters. The number of benzene rings is 1. The minimum atomic E-state index is -0.434. The Kier molecular flexibility index (Phi) is 9.26. The molecule has 1 aromatic heterocycles. The van der Waals surface area contributed by atoms with Gasteiger partial charge in [0.05, 0.1) is 26.4 Å². The summed E-state index contributed by atoms with van der Waals surface area (Å²) in [7, 11) is 0. The third-order valence-corrected chi connectivity index (χ3v) is 3.99. The first kappa shape index (κ1) is 23.3. The number of amides is 1. The number of anilines is 1. The Balaban J connectivity index is 2.12. The molecule has 1 amide bonds. The lowest BCUT2D eigenvalue weighted by molar-refractivity contribution is 0.0976. The van der Waals surface area contributed by atoms with E-state index in [2.05, 4.69) is 33.0 Å². The Hall–Kier alpha value is -2.95. The van der Waals surface area contributed by atoms with Gasteiger partial charge in [0, 0.05) is 5.56 Å². The molecule has 0 radical (unpaired) electrons. The van der Waals surface area contributed by atoms with Crippen LogP contribution in [0.2, 0.25) is 0 Å². The molecule has 0 bridgehead atoms. The zero-order valence-electron chi connectivity index (χ0n) is 17.7. The summed E-state index contributed by atoms with van der Waals surface area (Å²) >= 11 is 5.20. The number of carbonyl (C=O) groups excluding carboxylic acids is 1. The normalized spacial score (nSPS) is 10.4. The summed E-state index contributed by atoms with van der Waals surface area (Å²) in [5.74, 6) is 1.10. The van der Waals surface area contributed by atoms with Crippen molar-refractivity contribution in [1.82, 2.24) is 25.5 Å². The highest BCUT2D eigenvalue weighted by Crippen LogP contribution is 2.39. The maximum absolute atomic E-state index is 12.7. The summed E-state index contributed by atoms with van der Waals surface area (Å²) in [4.78, 5) is 14.2. The fourth-order valence-electron chi connectivity index (χ4n) is 2.52. The van der Waals surface area contributed by atoms with Crippen LogP contribution in [-0.2, 0) is 6.54 Å². The minimum absolute atomic E-state index is 0.0554. The van der Waals surface area contributed by atoms with Crippen LogP contribution in [0.1, 0.15) is 50.9 Å². The van der Waals surface area contributed by atoms with Crippen molar-refractivity contribution in [3.63, 3.8) is 0 Å². The molecular formula is C19H28N6O4S. The lowest BCUT2D eigenvalue weighted by atomic mass is 10.1. The second-order valence-corrected chi connectivity index (χ2v) is 6.48. The molecule has 10 nitrogen and oxygen atoms in total. The van der Waals surface area contributed by atoms with Gasteiger partial charge < -0.3 is 14.2 Å². The van der Waals surface area contributed by atoms with Crippen molar-refractivity contribution in [2.45, 2.75) is 47.1 Å². The number of thiocarbonyl (C=S) groups is 1. The molecule has 0 saturated carbocycles. The molecule has 0 spiro atoms. The van der Waals surface area contributed by atoms with Gasteiger partial charge in [0.1, 0.15) is 0 Å². The molecule has 1 aromatic carbocycles. The Labute approximate surface area is 181 Å². The first-order chi connectivity index (χ1) is 14.5. The smallest absolute Gasteiger partial charge is 0.269 e. The average Bonchev–Trinajstić information content (AvgIpc) is 3.15. The topological polar surface area (TPSA) is 112 Å². The van der Waals surface area contributed by atoms with E-state index in [0.29, 0.717) is 49.2 Å². The van der Waals surface area contributed by atoms with Gasteiger partial charge in [0.15, 0.2) is 16.6 Å². The predicted molar refractivity (Wildman–Crippen MR) is 116 cm³/mol. The number of nitrogens with zero attached hydrogens (tertiary/aromatic N) is 4. The van der Waals surface area contributed by atoms with Gasteiger partial charge in [-0.05, 0) is 56.8 Å². The summed E-state index contributed by atoms with van der Waals surface area (Å²) in [5, 5.41) is 17.4. The van der Waals surface area contributed by atoms with E-state index in [1.165, 1.54) is 4.80 Å². The van der Waals surface area contributed by atoms with Gasteiger partial charge >= 0.3 is 0 Å². The van der Waals surface area contributed by atoms with Gasteiger partial charge in [-0.3, -0.25) is 15.4 Å². The van der Waals surface area contributed by atoms with Gasteiger partial charge in [-0.15, -0.1) is 5.10 Å². The SMILES string of the molecule is CCCCn1nnc(NC(=S)NC(=O)c2cc(OCC)c(OCC)c(OCC)c2)n1. The first-order valence-electron chi connectivity index (χ1n) is 9.98. The van der Waals surface area contributed by atoms with E-state index in [4.69, 9.17) is 26.4 Å². The minimum Gasteiger partial charge on any atom is -0.490 e. The van der Waals surface area contributed by atoms with E-state index in [0.717, 1.165) is 12.8 Å². The van der Waals surface area contributed by atoms with Crippen molar-refractivity contribution in [2.24, 2.45) is 0 Å². The number of tetrazole rings is 1. The van der Waals surface area contributed by atoms with Gasteiger partial charge in [-0.25, -0.2) is 0 Å². The number of aromatic nitrogens is 4.